The predicted octanol–water partition coefficient (Wildman–Crippen LogP) is 1.87. The second kappa shape index (κ2) is 10.4. The molecule has 0 aromatic heterocycles. The lowest BCUT2D eigenvalue weighted by Gasteiger charge is -2.45. The highest BCUT2D eigenvalue weighted by Crippen LogP contribution is 2.31. The van der Waals surface area contributed by atoms with Crippen molar-refractivity contribution in [2.75, 3.05) is 66.2 Å². The summed E-state index contributed by atoms with van der Waals surface area (Å²) in [5.74, 6) is 1.05. The Morgan fingerprint density at radius 1 is 1.03 bits per heavy atom. The molecule has 0 amide bonds. The minimum absolute atomic E-state index is 0.230. The van der Waals surface area contributed by atoms with E-state index in [1.165, 1.54) is 32.4 Å². The van der Waals surface area contributed by atoms with Gasteiger partial charge in [-0.05, 0) is 64.5 Å². The van der Waals surface area contributed by atoms with Crippen LogP contribution in [0.15, 0.2) is 4.99 Å². The number of piperidine rings is 1. The van der Waals surface area contributed by atoms with Gasteiger partial charge in [-0.1, -0.05) is 0 Å². The van der Waals surface area contributed by atoms with Gasteiger partial charge in [-0.3, -0.25) is 9.89 Å². The van der Waals surface area contributed by atoms with Gasteiger partial charge in [0.2, 0.25) is 0 Å². The summed E-state index contributed by atoms with van der Waals surface area (Å²) >= 11 is 0. The topological polar surface area (TPSA) is 58.6 Å². The Balaban J connectivity index is 1.24. The predicted molar refractivity (Wildman–Crippen MR) is 114 cm³/mol. The van der Waals surface area contributed by atoms with Crippen molar-refractivity contribution in [1.29, 1.82) is 0 Å². The molecule has 0 saturated carbocycles. The summed E-state index contributed by atoms with van der Waals surface area (Å²) in [7, 11) is 1.91. The van der Waals surface area contributed by atoms with Gasteiger partial charge in [0.05, 0.1) is 18.8 Å². The maximum Gasteiger partial charge on any atom is 0.193 e. The molecule has 4 aliphatic heterocycles. The zero-order valence-electron chi connectivity index (χ0n) is 18.2. The largest absolute Gasteiger partial charge is 0.381 e. The average Bonchev–Trinajstić information content (AvgIpc) is 3.49. The Labute approximate surface area is 176 Å². The van der Waals surface area contributed by atoms with Crippen molar-refractivity contribution in [2.45, 2.75) is 69.1 Å². The van der Waals surface area contributed by atoms with Crippen molar-refractivity contribution in [2.24, 2.45) is 4.99 Å². The second-order valence-electron chi connectivity index (χ2n) is 9.09. The summed E-state index contributed by atoms with van der Waals surface area (Å²) in [6.45, 7) is 8.87. The smallest absolute Gasteiger partial charge is 0.193 e. The van der Waals surface area contributed by atoms with Crippen LogP contribution in [-0.2, 0) is 14.2 Å². The second-order valence-corrected chi connectivity index (χ2v) is 9.09. The van der Waals surface area contributed by atoms with E-state index in [-0.39, 0.29) is 5.54 Å². The summed E-state index contributed by atoms with van der Waals surface area (Å²) < 4.78 is 17.5. The highest BCUT2D eigenvalue weighted by atomic mass is 16.5. The molecule has 1 unspecified atom stereocenters. The van der Waals surface area contributed by atoms with Gasteiger partial charge in [-0.15, -0.1) is 0 Å². The number of hydrogen-bond donors (Lipinski definition) is 1. The highest BCUT2D eigenvalue weighted by molar-refractivity contribution is 5.80. The number of hydrogen-bond acceptors (Lipinski definition) is 5. The first-order chi connectivity index (χ1) is 14.3. The molecule has 4 heterocycles. The molecule has 4 aliphatic rings. The molecule has 0 aliphatic carbocycles. The molecule has 7 heteroatoms. The monoisotopic (exact) mass is 408 g/mol. The van der Waals surface area contributed by atoms with E-state index in [2.05, 4.69) is 20.1 Å². The number of nitrogens with one attached hydrogen (secondary N) is 1. The molecule has 0 bridgehead atoms. The van der Waals surface area contributed by atoms with Crippen LogP contribution in [0.2, 0.25) is 0 Å². The van der Waals surface area contributed by atoms with Gasteiger partial charge in [0, 0.05) is 52.0 Å². The van der Waals surface area contributed by atoms with Crippen molar-refractivity contribution in [1.82, 2.24) is 15.1 Å². The molecule has 4 rings (SSSR count). The summed E-state index contributed by atoms with van der Waals surface area (Å²) in [6, 6.07) is 0. The molecule has 166 valence electrons. The average molecular weight is 409 g/mol. The van der Waals surface area contributed by atoms with Crippen molar-refractivity contribution in [3.63, 3.8) is 0 Å². The molecule has 0 aromatic carbocycles. The van der Waals surface area contributed by atoms with Crippen LogP contribution in [0.1, 0.15) is 51.4 Å². The van der Waals surface area contributed by atoms with Gasteiger partial charge in [-0.25, -0.2) is 0 Å². The van der Waals surface area contributed by atoms with Crippen molar-refractivity contribution >= 4 is 5.96 Å². The lowest BCUT2D eigenvalue weighted by Crippen LogP contribution is -2.59. The minimum Gasteiger partial charge on any atom is -0.381 e. The lowest BCUT2D eigenvalue weighted by molar-refractivity contribution is -0.0370. The fraction of sp³-hybridized carbons (Fsp3) is 0.955. The molecule has 4 saturated heterocycles. The van der Waals surface area contributed by atoms with Gasteiger partial charge in [0.15, 0.2) is 5.96 Å². The Bertz CT molecular complexity index is 518. The van der Waals surface area contributed by atoms with Gasteiger partial charge >= 0.3 is 0 Å². The first-order valence-electron chi connectivity index (χ1n) is 11.8. The van der Waals surface area contributed by atoms with E-state index in [0.29, 0.717) is 12.2 Å². The Morgan fingerprint density at radius 2 is 1.79 bits per heavy atom. The molecular weight excluding hydrogens is 368 g/mol. The van der Waals surface area contributed by atoms with E-state index in [0.717, 1.165) is 84.1 Å². The van der Waals surface area contributed by atoms with Crippen molar-refractivity contribution < 1.29 is 14.2 Å². The van der Waals surface area contributed by atoms with Crippen LogP contribution in [0.3, 0.4) is 0 Å². The van der Waals surface area contributed by atoms with Crippen molar-refractivity contribution in [3.05, 3.63) is 0 Å². The fourth-order valence-electron chi connectivity index (χ4n) is 5.38. The summed E-state index contributed by atoms with van der Waals surface area (Å²) in [6.07, 6.45) is 10.1. The highest BCUT2D eigenvalue weighted by Gasteiger charge is 2.40. The number of ether oxygens (including phenoxy) is 3. The van der Waals surface area contributed by atoms with E-state index in [9.17, 15) is 0 Å². The lowest BCUT2D eigenvalue weighted by atomic mass is 9.88. The van der Waals surface area contributed by atoms with Gasteiger partial charge in [0.25, 0.3) is 0 Å². The summed E-state index contributed by atoms with van der Waals surface area (Å²) in [4.78, 5) is 9.72. The van der Waals surface area contributed by atoms with E-state index in [1.54, 1.807) is 0 Å². The third kappa shape index (κ3) is 5.43. The first-order valence-corrected chi connectivity index (χ1v) is 11.8. The molecule has 1 atom stereocenters. The minimum atomic E-state index is 0.230. The molecule has 29 heavy (non-hydrogen) atoms. The number of guanidine groups is 1. The standard InChI is InChI=1S/C22H40N4O3/c1-23-21(24-18-22(8-15-27-16-9-22)26-10-2-3-11-26)25-12-6-19(7-13-25)29-17-20-5-4-14-28-20/h19-20H,2-18H2,1H3,(H,23,24). The van der Waals surface area contributed by atoms with Crippen molar-refractivity contribution in [3.8, 4) is 0 Å². The molecule has 4 fully saturated rings. The summed E-state index contributed by atoms with van der Waals surface area (Å²) in [5.41, 5.74) is 0.230. The quantitative estimate of drug-likeness (QED) is 0.535. The van der Waals surface area contributed by atoms with E-state index < -0.39 is 0 Å². The molecule has 7 nitrogen and oxygen atoms in total. The van der Waals surface area contributed by atoms with Crippen LogP contribution in [0, 0.1) is 0 Å². The third-order valence-electron chi connectivity index (χ3n) is 7.27. The maximum atomic E-state index is 6.13. The molecular formula is C22H40N4O3. The van der Waals surface area contributed by atoms with Crippen LogP contribution in [0.25, 0.3) is 0 Å². The molecule has 0 aromatic rings. The number of aliphatic imine (C=N–C) groups is 1. The molecule has 1 N–H and O–H groups in total. The zero-order valence-corrected chi connectivity index (χ0v) is 18.2. The van der Waals surface area contributed by atoms with Gasteiger partial charge < -0.3 is 24.4 Å². The van der Waals surface area contributed by atoms with Gasteiger partial charge in [-0.2, -0.15) is 0 Å². The van der Waals surface area contributed by atoms with E-state index in [1.807, 2.05) is 7.05 Å². The van der Waals surface area contributed by atoms with Gasteiger partial charge in [0.1, 0.15) is 0 Å². The Morgan fingerprint density at radius 3 is 2.45 bits per heavy atom. The Kier molecular flexibility index (Phi) is 7.67. The fourth-order valence-corrected chi connectivity index (χ4v) is 5.38. The van der Waals surface area contributed by atoms with Crippen LogP contribution >= 0.6 is 0 Å². The normalized spacial score (nSPS) is 29.5. The van der Waals surface area contributed by atoms with Crippen LogP contribution in [0.5, 0.6) is 0 Å². The SMILES string of the molecule is CN=C(NCC1(N2CCCC2)CCOCC1)N1CCC(OCC2CCCO2)CC1. The van der Waals surface area contributed by atoms with E-state index in [4.69, 9.17) is 14.2 Å². The van der Waals surface area contributed by atoms with E-state index >= 15 is 0 Å². The Hall–Kier alpha value is -0.890. The third-order valence-corrected chi connectivity index (χ3v) is 7.27. The van der Waals surface area contributed by atoms with Crippen LogP contribution in [-0.4, -0.2) is 99.7 Å². The number of nitrogens with zero attached hydrogens (tertiary/aromatic N) is 3. The molecule has 0 spiro atoms. The number of rotatable bonds is 6. The van der Waals surface area contributed by atoms with Crippen LogP contribution in [0.4, 0.5) is 0 Å². The zero-order chi connectivity index (χ0) is 19.9. The maximum absolute atomic E-state index is 6.13. The van der Waals surface area contributed by atoms with Crippen LogP contribution < -0.4 is 5.32 Å². The molecule has 0 radical (unpaired) electrons. The first kappa shape index (κ1) is 21.3. The number of likely N-dealkylation sites (tertiary alicyclic amines) is 2. The summed E-state index contributed by atoms with van der Waals surface area (Å²) in [5, 5.41) is 3.74.